The first-order valence-corrected chi connectivity index (χ1v) is 9.84. The molecule has 146 valence electrons. The fourth-order valence-electron chi connectivity index (χ4n) is 3.55. The van der Waals surface area contributed by atoms with Crippen molar-refractivity contribution >= 4 is 11.8 Å². The van der Waals surface area contributed by atoms with Crippen LogP contribution >= 0.6 is 0 Å². The molecular formula is C26H25NO2. The van der Waals surface area contributed by atoms with Crippen LogP contribution in [0.3, 0.4) is 0 Å². The van der Waals surface area contributed by atoms with Crippen molar-refractivity contribution in [3.05, 3.63) is 95.8 Å². The fourth-order valence-corrected chi connectivity index (χ4v) is 3.55. The Morgan fingerprint density at radius 1 is 0.897 bits per heavy atom. The maximum absolute atomic E-state index is 12.0. The summed E-state index contributed by atoms with van der Waals surface area (Å²) in [5.74, 6) is 0.779. The van der Waals surface area contributed by atoms with Gasteiger partial charge in [0.15, 0.2) is 6.29 Å². The van der Waals surface area contributed by atoms with E-state index in [2.05, 4.69) is 39.0 Å². The molecule has 0 amide bonds. The van der Waals surface area contributed by atoms with Gasteiger partial charge in [0, 0.05) is 22.8 Å². The Kier molecular flexibility index (Phi) is 4.98. The van der Waals surface area contributed by atoms with E-state index in [1.807, 2.05) is 65.2 Å². The third-order valence-electron chi connectivity index (χ3n) is 5.20. The minimum atomic E-state index is -0.00674. The second kappa shape index (κ2) is 7.59. The van der Waals surface area contributed by atoms with Gasteiger partial charge in [0.1, 0.15) is 12.4 Å². The van der Waals surface area contributed by atoms with Crippen molar-refractivity contribution < 1.29 is 9.53 Å². The number of ether oxygens (including phenoxy) is 1. The van der Waals surface area contributed by atoms with Crippen LogP contribution in [0.4, 0.5) is 0 Å². The molecule has 0 aliphatic carbocycles. The van der Waals surface area contributed by atoms with E-state index >= 15 is 0 Å². The predicted octanol–water partition coefficient (Wildman–Crippen LogP) is 6.30. The molecule has 2 aromatic carbocycles. The van der Waals surface area contributed by atoms with Crippen LogP contribution in [-0.2, 0) is 12.0 Å². The largest absolute Gasteiger partial charge is 0.488 e. The average molecular weight is 383 g/mol. The van der Waals surface area contributed by atoms with E-state index in [1.165, 1.54) is 5.56 Å². The molecule has 0 saturated heterocycles. The highest BCUT2D eigenvalue weighted by Crippen LogP contribution is 2.38. The number of rotatable bonds is 5. The summed E-state index contributed by atoms with van der Waals surface area (Å²) in [6, 6.07) is 24.4. The summed E-state index contributed by atoms with van der Waals surface area (Å²) >= 11 is 0. The number of nitrogens with zero attached hydrogens (tertiary/aromatic N) is 1. The second-order valence-electron chi connectivity index (χ2n) is 8.29. The van der Waals surface area contributed by atoms with Crippen LogP contribution in [0, 0.1) is 0 Å². The van der Waals surface area contributed by atoms with Crippen LogP contribution in [0.1, 0.15) is 42.4 Å². The molecule has 0 atom stereocenters. The molecule has 0 N–H and O–H groups in total. The van der Waals surface area contributed by atoms with Crippen LogP contribution in [0.2, 0.25) is 0 Å². The molecule has 0 aliphatic heterocycles. The van der Waals surface area contributed by atoms with Crippen molar-refractivity contribution in [2.24, 2.45) is 0 Å². The summed E-state index contributed by atoms with van der Waals surface area (Å²) in [6.07, 6.45) is 2.84. The first-order chi connectivity index (χ1) is 14.0. The van der Waals surface area contributed by atoms with Gasteiger partial charge >= 0.3 is 0 Å². The van der Waals surface area contributed by atoms with Crippen molar-refractivity contribution in [3.8, 4) is 16.9 Å². The van der Waals surface area contributed by atoms with E-state index in [9.17, 15) is 4.79 Å². The van der Waals surface area contributed by atoms with Crippen LogP contribution in [0.25, 0.3) is 16.6 Å². The van der Waals surface area contributed by atoms with Crippen molar-refractivity contribution in [1.82, 2.24) is 4.40 Å². The number of benzene rings is 2. The van der Waals surface area contributed by atoms with E-state index in [-0.39, 0.29) is 5.41 Å². The number of hydrogen-bond donors (Lipinski definition) is 0. The molecule has 3 heteroatoms. The van der Waals surface area contributed by atoms with Crippen LogP contribution in [-0.4, -0.2) is 10.7 Å². The van der Waals surface area contributed by atoms with E-state index < -0.39 is 0 Å². The second-order valence-corrected chi connectivity index (χ2v) is 8.29. The molecule has 2 heterocycles. The lowest BCUT2D eigenvalue weighted by Crippen LogP contribution is -2.11. The van der Waals surface area contributed by atoms with E-state index in [4.69, 9.17) is 4.74 Å². The Morgan fingerprint density at radius 2 is 1.66 bits per heavy atom. The molecular weight excluding hydrogens is 358 g/mol. The Morgan fingerprint density at radius 3 is 2.38 bits per heavy atom. The van der Waals surface area contributed by atoms with Gasteiger partial charge < -0.3 is 9.14 Å². The number of carbonyl (C=O) groups excluding carboxylic acids is 1. The molecule has 2 aromatic heterocycles. The highest BCUT2D eigenvalue weighted by molar-refractivity contribution is 5.91. The number of pyridine rings is 1. The van der Waals surface area contributed by atoms with E-state index in [0.29, 0.717) is 12.3 Å². The lowest BCUT2D eigenvalue weighted by Gasteiger charge is -2.21. The smallest absolute Gasteiger partial charge is 0.167 e. The summed E-state index contributed by atoms with van der Waals surface area (Å²) in [5, 5.41) is 0. The molecule has 4 rings (SSSR count). The van der Waals surface area contributed by atoms with Gasteiger partial charge in [0.05, 0.1) is 5.69 Å². The highest BCUT2D eigenvalue weighted by Gasteiger charge is 2.20. The van der Waals surface area contributed by atoms with E-state index in [0.717, 1.165) is 34.2 Å². The molecule has 0 radical (unpaired) electrons. The summed E-state index contributed by atoms with van der Waals surface area (Å²) in [5.41, 5.74) is 5.76. The first kappa shape index (κ1) is 19.0. The lowest BCUT2D eigenvalue weighted by molar-refractivity contribution is 0.111. The van der Waals surface area contributed by atoms with Crippen molar-refractivity contribution in [1.29, 1.82) is 0 Å². The van der Waals surface area contributed by atoms with Crippen LogP contribution in [0.15, 0.2) is 79.0 Å². The maximum Gasteiger partial charge on any atom is 0.167 e. The molecule has 0 fully saturated rings. The number of aldehydes is 1. The summed E-state index contributed by atoms with van der Waals surface area (Å²) in [6.45, 7) is 7.04. The monoisotopic (exact) mass is 383 g/mol. The van der Waals surface area contributed by atoms with Gasteiger partial charge in [0.2, 0.25) is 0 Å². The maximum atomic E-state index is 12.0. The van der Waals surface area contributed by atoms with Gasteiger partial charge in [-0.2, -0.15) is 0 Å². The molecule has 29 heavy (non-hydrogen) atoms. The van der Waals surface area contributed by atoms with Crippen LogP contribution in [0.5, 0.6) is 5.75 Å². The van der Waals surface area contributed by atoms with Gasteiger partial charge in [0.25, 0.3) is 0 Å². The number of hydrogen-bond acceptors (Lipinski definition) is 2. The van der Waals surface area contributed by atoms with Crippen molar-refractivity contribution in [2.75, 3.05) is 0 Å². The van der Waals surface area contributed by atoms with Gasteiger partial charge in [-0.15, -0.1) is 0 Å². The van der Waals surface area contributed by atoms with Gasteiger partial charge in [-0.1, -0.05) is 63.2 Å². The highest BCUT2D eigenvalue weighted by atomic mass is 16.5. The summed E-state index contributed by atoms with van der Waals surface area (Å²) < 4.78 is 8.14. The molecule has 3 nitrogen and oxygen atoms in total. The Bertz CT molecular complexity index is 1150. The topological polar surface area (TPSA) is 30.7 Å². The van der Waals surface area contributed by atoms with Crippen molar-refractivity contribution in [2.45, 2.75) is 32.8 Å². The lowest BCUT2D eigenvalue weighted by atomic mass is 9.85. The standard InChI is InChI=1S/C26H25NO2/c1-26(2,3)20-12-13-25(29-18-19-9-5-4-6-10-19)23(15-20)22-16-21-11-7-8-14-27(21)24(22)17-28/h4-17H,18H2,1-3H3. The number of fused-ring (bicyclic) bond motifs is 1. The Labute approximate surface area is 171 Å². The Balaban J connectivity index is 1.84. The average Bonchev–Trinajstić information content (AvgIpc) is 3.10. The normalized spacial score (nSPS) is 11.6. The zero-order valence-electron chi connectivity index (χ0n) is 17.1. The third-order valence-corrected chi connectivity index (χ3v) is 5.20. The quantitative estimate of drug-likeness (QED) is 0.379. The minimum absolute atomic E-state index is 0.00674. The zero-order chi connectivity index (χ0) is 20.4. The molecule has 0 saturated carbocycles. The number of aromatic nitrogens is 1. The number of carbonyl (C=O) groups is 1. The first-order valence-electron chi connectivity index (χ1n) is 9.84. The molecule has 0 aliphatic rings. The van der Waals surface area contributed by atoms with Crippen molar-refractivity contribution in [3.63, 3.8) is 0 Å². The van der Waals surface area contributed by atoms with E-state index in [1.54, 1.807) is 0 Å². The van der Waals surface area contributed by atoms with Crippen LogP contribution < -0.4 is 4.74 Å². The molecule has 0 bridgehead atoms. The van der Waals surface area contributed by atoms with Gasteiger partial charge in [-0.3, -0.25) is 4.79 Å². The predicted molar refractivity (Wildman–Crippen MR) is 118 cm³/mol. The SMILES string of the molecule is CC(C)(C)c1ccc(OCc2ccccc2)c(-c2cc3ccccn3c2C=O)c1. The Hall–Kier alpha value is -3.33. The molecule has 0 unspecified atom stereocenters. The fraction of sp³-hybridized carbons (Fsp3) is 0.192. The third kappa shape index (κ3) is 3.81. The minimum Gasteiger partial charge on any atom is -0.488 e. The summed E-state index contributed by atoms with van der Waals surface area (Å²) in [7, 11) is 0. The summed E-state index contributed by atoms with van der Waals surface area (Å²) in [4.78, 5) is 12.0. The molecule has 4 aromatic rings. The zero-order valence-corrected chi connectivity index (χ0v) is 17.1. The van der Waals surface area contributed by atoms with Gasteiger partial charge in [-0.05, 0) is 46.9 Å². The van der Waals surface area contributed by atoms with Gasteiger partial charge in [-0.25, -0.2) is 0 Å². The molecule has 0 spiro atoms.